The Balaban J connectivity index is 2.35. The number of hydrogen-bond acceptors (Lipinski definition) is 4. The van der Waals surface area contributed by atoms with Crippen molar-refractivity contribution in [2.24, 2.45) is 5.92 Å². The summed E-state index contributed by atoms with van der Waals surface area (Å²) >= 11 is 0. The van der Waals surface area contributed by atoms with Crippen LogP contribution in [0.25, 0.3) is 0 Å². The molecule has 0 radical (unpaired) electrons. The van der Waals surface area contributed by atoms with Gasteiger partial charge in [-0.2, -0.15) is 4.39 Å². The van der Waals surface area contributed by atoms with E-state index in [1.165, 1.54) is 6.92 Å². The summed E-state index contributed by atoms with van der Waals surface area (Å²) in [5.41, 5.74) is -0.683. The fourth-order valence-electron chi connectivity index (χ4n) is 2.67. The van der Waals surface area contributed by atoms with Gasteiger partial charge in [-0.25, -0.2) is 13.1 Å². The molecule has 6 nitrogen and oxygen atoms in total. The quantitative estimate of drug-likeness (QED) is 0.682. The van der Waals surface area contributed by atoms with Crippen molar-refractivity contribution in [1.29, 1.82) is 0 Å². The van der Waals surface area contributed by atoms with Gasteiger partial charge in [0, 0.05) is 12.1 Å². The highest BCUT2D eigenvalue weighted by Crippen LogP contribution is 2.28. The van der Waals surface area contributed by atoms with Gasteiger partial charge in [0.2, 0.25) is 15.8 Å². The third-order valence-electron chi connectivity index (χ3n) is 3.75. The Morgan fingerprint density at radius 2 is 2.05 bits per heavy atom. The number of nitrogens with zero attached hydrogens (tertiary/aromatic N) is 1. The summed E-state index contributed by atoms with van der Waals surface area (Å²) in [4.78, 5) is 9.58. The van der Waals surface area contributed by atoms with Gasteiger partial charge in [0.25, 0.3) is 0 Å². The van der Waals surface area contributed by atoms with Crippen molar-refractivity contribution < 1.29 is 17.7 Å². The van der Waals surface area contributed by atoms with Crippen molar-refractivity contribution >= 4 is 15.7 Å². The molecule has 0 aromatic heterocycles. The van der Waals surface area contributed by atoms with Crippen molar-refractivity contribution in [3.05, 3.63) is 33.6 Å². The number of rotatable bonds is 4. The molecule has 0 saturated heterocycles. The van der Waals surface area contributed by atoms with E-state index >= 15 is 0 Å². The van der Waals surface area contributed by atoms with Crippen LogP contribution in [-0.2, 0) is 10.0 Å². The predicted octanol–water partition coefficient (Wildman–Crippen LogP) is 2.51. The molecule has 0 amide bonds. The normalized spacial score (nSPS) is 22.4. The molecule has 116 valence electrons. The van der Waals surface area contributed by atoms with Crippen LogP contribution in [0.5, 0.6) is 0 Å². The van der Waals surface area contributed by atoms with Gasteiger partial charge >= 0.3 is 5.69 Å². The summed E-state index contributed by atoms with van der Waals surface area (Å²) < 4.78 is 40.7. The maximum Gasteiger partial charge on any atom is 0.306 e. The first-order valence-electron chi connectivity index (χ1n) is 6.67. The zero-order valence-corrected chi connectivity index (χ0v) is 12.6. The van der Waals surface area contributed by atoms with Gasteiger partial charge in [0.15, 0.2) is 0 Å². The van der Waals surface area contributed by atoms with Crippen LogP contribution in [-0.4, -0.2) is 19.4 Å². The second kappa shape index (κ2) is 5.69. The Hall–Kier alpha value is -1.54. The average molecular weight is 316 g/mol. The maximum absolute atomic E-state index is 13.5. The summed E-state index contributed by atoms with van der Waals surface area (Å²) in [5, 5.41) is 10.8. The lowest BCUT2D eigenvalue weighted by atomic mass is 10.1. The minimum atomic E-state index is -3.89. The van der Waals surface area contributed by atoms with Gasteiger partial charge in [-0.05, 0) is 43.7 Å². The fourth-order valence-corrected chi connectivity index (χ4v) is 4.20. The highest BCUT2D eigenvalue weighted by molar-refractivity contribution is 7.89. The number of sulfonamides is 1. The molecular weight excluding hydrogens is 299 g/mol. The number of aryl methyl sites for hydroxylation is 1. The van der Waals surface area contributed by atoms with E-state index in [2.05, 4.69) is 4.72 Å². The van der Waals surface area contributed by atoms with Gasteiger partial charge < -0.3 is 0 Å². The molecule has 1 aromatic rings. The van der Waals surface area contributed by atoms with Crippen LogP contribution in [0, 0.1) is 28.8 Å². The lowest BCUT2D eigenvalue weighted by molar-refractivity contribution is -0.387. The van der Waals surface area contributed by atoms with Crippen LogP contribution < -0.4 is 4.72 Å². The van der Waals surface area contributed by atoms with Crippen molar-refractivity contribution in [2.45, 2.75) is 44.0 Å². The lowest BCUT2D eigenvalue weighted by Crippen LogP contribution is -2.33. The summed E-state index contributed by atoms with van der Waals surface area (Å²) in [5.74, 6) is -0.590. The molecule has 2 unspecified atom stereocenters. The van der Waals surface area contributed by atoms with Crippen LogP contribution in [0.2, 0.25) is 0 Å². The van der Waals surface area contributed by atoms with Gasteiger partial charge in [-0.15, -0.1) is 0 Å². The number of nitro groups is 1. The third-order valence-corrected chi connectivity index (χ3v) is 5.41. The zero-order chi connectivity index (χ0) is 15.8. The number of benzene rings is 1. The second-order valence-corrected chi connectivity index (χ2v) is 7.25. The molecule has 2 atom stereocenters. The van der Waals surface area contributed by atoms with Crippen LogP contribution >= 0.6 is 0 Å². The highest BCUT2D eigenvalue weighted by atomic mass is 32.2. The summed E-state index contributed by atoms with van der Waals surface area (Å²) in [6.45, 7) is 3.46. The Kier molecular flexibility index (Phi) is 4.29. The Bertz CT molecular complexity index is 675. The van der Waals surface area contributed by atoms with Crippen LogP contribution in [0.1, 0.15) is 31.7 Å². The molecule has 0 bridgehead atoms. The molecule has 0 aliphatic heterocycles. The third kappa shape index (κ3) is 3.38. The molecule has 1 aliphatic rings. The monoisotopic (exact) mass is 316 g/mol. The molecule has 2 rings (SSSR count). The molecule has 1 aliphatic carbocycles. The van der Waals surface area contributed by atoms with E-state index in [-0.39, 0.29) is 16.5 Å². The smallest absolute Gasteiger partial charge is 0.258 e. The molecule has 1 saturated carbocycles. The topological polar surface area (TPSA) is 89.3 Å². The Labute approximate surface area is 122 Å². The van der Waals surface area contributed by atoms with E-state index in [0.29, 0.717) is 5.92 Å². The van der Waals surface area contributed by atoms with Gasteiger partial charge in [0.05, 0.1) is 9.82 Å². The summed E-state index contributed by atoms with van der Waals surface area (Å²) in [6, 6.07) is 1.49. The Morgan fingerprint density at radius 3 is 2.57 bits per heavy atom. The predicted molar refractivity (Wildman–Crippen MR) is 74.9 cm³/mol. The first-order valence-corrected chi connectivity index (χ1v) is 8.16. The molecule has 21 heavy (non-hydrogen) atoms. The average Bonchev–Trinajstić information content (AvgIpc) is 2.72. The van der Waals surface area contributed by atoms with Crippen LogP contribution in [0.4, 0.5) is 10.1 Å². The maximum atomic E-state index is 13.5. The van der Waals surface area contributed by atoms with Gasteiger partial charge in [0.1, 0.15) is 0 Å². The van der Waals surface area contributed by atoms with E-state index < -0.39 is 26.5 Å². The summed E-state index contributed by atoms with van der Waals surface area (Å²) in [7, 11) is -3.89. The van der Waals surface area contributed by atoms with E-state index in [1.807, 2.05) is 6.92 Å². The minimum absolute atomic E-state index is 0.150. The number of halogens is 1. The largest absolute Gasteiger partial charge is 0.306 e. The molecule has 1 fully saturated rings. The molecular formula is C13H17FN2O4S. The van der Waals surface area contributed by atoms with Gasteiger partial charge in [-0.3, -0.25) is 10.1 Å². The second-order valence-electron chi connectivity index (χ2n) is 5.56. The van der Waals surface area contributed by atoms with Crippen molar-refractivity contribution in [3.8, 4) is 0 Å². The van der Waals surface area contributed by atoms with Crippen molar-refractivity contribution in [3.63, 3.8) is 0 Å². The van der Waals surface area contributed by atoms with Crippen molar-refractivity contribution in [1.82, 2.24) is 4.72 Å². The Morgan fingerprint density at radius 1 is 1.38 bits per heavy atom. The number of nitro benzene ring substituents is 1. The van der Waals surface area contributed by atoms with E-state index in [9.17, 15) is 22.9 Å². The van der Waals surface area contributed by atoms with E-state index in [0.717, 1.165) is 31.4 Å². The number of nitrogens with one attached hydrogen (secondary N) is 1. The van der Waals surface area contributed by atoms with Crippen LogP contribution in [0.3, 0.4) is 0 Å². The number of hydrogen-bond donors (Lipinski definition) is 1. The lowest BCUT2D eigenvalue weighted by Gasteiger charge is -2.14. The molecule has 1 N–H and O–H groups in total. The summed E-state index contributed by atoms with van der Waals surface area (Å²) in [6.07, 6.45) is 2.42. The fraction of sp³-hybridized carbons (Fsp3) is 0.538. The van der Waals surface area contributed by atoms with E-state index in [1.54, 1.807) is 0 Å². The zero-order valence-electron chi connectivity index (χ0n) is 11.8. The first-order chi connectivity index (χ1) is 9.70. The minimum Gasteiger partial charge on any atom is -0.258 e. The SMILES string of the molecule is Cc1cc(F)c([N+](=O)[O-])cc1S(=O)(=O)NC1CCC(C)C1. The molecule has 0 spiro atoms. The van der Waals surface area contributed by atoms with Gasteiger partial charge in [-0.1, -0.05) is 6.92 Å². The highest BCUT2D eigenvalue weighted by Gasteiger charge is 2.29. The molecule has 1 aromatic carbocycles. The standard InChI is InChI=1S/C13H17FN2O4S/c1-8-3-4-10(5-8)15-21(19,20)13-7-12(16(17)18)11(14)6-9(13)2/h6-8,10,15H,3-5H2,1-2H3. The molecule has 0 heterocycles. The van der Waals surface area contributed by atoms with Crippen LogP contribution in [0.15, 0.2) is 17.0 Å². The van der Waals surface area contributed by atoms with E-state index in [4.69, 9.17) is 0 Å². The first kappa shape index (κ1) is 15.8. The van der Waals surface area contributed by atoms with Crippen molar-refractivity contribution in [2.75, 3.05) is 0 Å². The molecule has 8 heteroatoms.